The summed E-state index contributed by atoms with van der Waals surface area (Å²) in [5, 5.41) is 0. The topological polar surface area (TPSA) is 42.0 Å². The number of piperidine rings is 1. The highest BCUT2D eigenvalue weighted by molar-refractivity contribution is 5.80. The summed E-state index contributed by atoms with van der Waals surface area (Å²) in [7, 11) is 0. The summed E-state index contributed by atoms with van der Waals surface area (Å²) < 4.78 is 11.3. The van der Waals surface area contributed by atoms with Gasteiger partial charge >= 0.3 is 0 Å². The second kappa shape index (κ2) is 8.74. The second-order valence-corrected chi connectivity index (χ2v) is 10.9. The van der Waals surface area contributed by atoms with Crippen LogP contribution in [0, 0.1) is 17.3 Å². The normalized spacial score (nSPS) is 26.8. The predicted octanol–water partition coefficient (Wildman–Crippen LogP) is 3.93. The minimum absolute atomic E-state index is 0.140. The van der Waals surface area contributed by atoms with Crippen LogP contribution in [0.3, 0.4) is 0 Å². The monoisotopic (exact) mass is 426 g/mol. The van der Waals surface area contributed by atoms with E-state index in [2.05, 4.69) is 47.9 Å². The van der Waals surface area contributed by atoms with E-state index < -0.39 is 0 Å². The van der Waals surface area contributed by atoms with E-state index in [1.807, 2.05) is 0 Å². The van der Waals surface area contributed by atoms with E-state index in [1.54, 1.807) is 0 Å². The van der Waals surface area contributed by atoms with Crippen molar-refractivity contribution in [1.29, 1.82) is 0 Å². The summed E-state index contributed by atoms with van der Waals surface area (Å²) in [4.78, 5) is 17.3. The molecule has 31 heavy (non-hydrogen) atoms. The molecule has 5 rings (SSSR count). The Hall–Kier alpha value is -1.59. The summed E-state index contributed by atoms with van der Waals surface area (Å²) in [6.07, 6.45) is 6.30. The van der Waals surface area contributed by atoms with E-state index in [0.29, 0.717) is 42.4 Å². The van der Waals surface area contributed by atoms with Crippen molar-refractivity contribution in [3.63, 3.8) is 0 Å². The summed E-state index contributed by atoms with van der Waals surface area (Å²) in [6, 6.07) is 9.37. The molecule has 0 radical (unpaired) electrons. The average molecular weight is 427 g/mol. The molecule has 4 fully saturated rings. The fourth-order valence-corrected chi connectivity index (χ4v) is 6.11. The van der Waals surface area contributed by atoms with Crippen molar-refractivity contribution in [3.8, 4) is 5.75 Å². The SMILES string of the molecule is CC(C)COc1ccccc1C1CCN([C@@H]2CCC3(C2)CN(C(=O)C2COC2)C3)CC1. The molecule has 5 nitrogen and oxygen atoms in total. The molecule has 1 aromatic carbocycles. The Morgan fingerprint density at radius 3 is 2.58 bits per heavy atom. The van der Waals surface area contributed by atoms with Gasteiger partial charge in [-0.25, -0.2) is 0 Å². The minimum Gasteiger partial charge on any atom is -0.493 e. The van der Waals surface area contributed by atoms with E-state index in [0.717, 1.165) is 25.4 Å². The summed E-state index contributed by atoms with van der Waals surface area (Å²) in [6.45, 7) is 10.8. The van der Waals surface area contributed by atoms with Gasteiger partial charge in [0.05, 0.1) is 25.7 Å². The molecule has 3 saturated heterocycles. The molecule has 4 aliphatic rings. The quantitative estimate of drug-likeness (QED) is 0.691. The number of nitrogens with zero attached hydrogens (tertiary/aromatic N) is 2. The number of amides is 1. The Morgan fingerprint density at radius 1 is 1.16 bits per heavy atom. The molecule has 170 valence electrons. The molecule has 1 amide bonds. The van der Waals surface area contributed by atoms with Crippen LogP contribution in [0.5, 0.6) is 5.75 Å². The standard InChI is InChI=1S/C26H38N2O3/c1-19(2)14-31-24-6-4-3-5-23(24)20-8-11-27(12-9-20)22-7-10-26(13-22)17-28(18-26)25(29)21-15-30-16-21/h3-6,19-22H,7-18H2,1-2H3/t22-/m1/s1. The van der Waals surface area contributed by atoms with Crippen molar-refractivity contribution >= 4 is 5.91 Å². The third kappa shape index (κ3) is 4.36. The zero-order valence-corrected chi connectivity index (χ0v) is 19.2. The molecule has 1 saturated carbocycles. The van der Waals surface area contributed by atoms with Crippen LogP contribution in [0.15, 0.2) is 24.3 Å². The maximum Gasteiger partial charge on any atom is 0.230 e. The second-order valence-electron chi connectivity index (χ2n) is 10.9. The third-order valence-corrected chi connectivity index (χ3v) is 8.01. The number of hydrogen-bond acceptors (Lipinski definition) is 4. The molecule has 1 atom stereocenters. The van der Waals surface area contributed by atoms with Crippen molar-refractivity contribution in [1.82, 2.24) is 9.80 Å². The molecule has 1 spiro atoms. The van der Waals surface area contributed by atoms with E-state index >= 15 is 0 Å². The van der Waals surface area contributed by atoms with Crippen LogP contribution in [0.1, 0.15) is 57.4 Å². The molecule has 0 N–H and O–H groups in total. The minimum atomic E-state index is 0.140. The lowest BCUT2D eigenvalue weighted by atomic mass is 9.77. The first kappa shape index (κ1) is 21.3. The van der Waals surface area contributed by atoms with Crippen LogP contribution in [0.2, 0.25) is 0 Å². The number of rotatable bonds is 6. The molecular weight excluding hydrogens is 388 g/mol. The van der Waals surface area contributed by atoms with Gasteiger partial charge in [0.2, 0.25) is 5.91 Å². The first-order chi connectivity index (χ1) is 15.0. The number of carbonyl (C=O) groups is 1. The maximum absolute atomic E-state index is 12.4. The van der Waals surface area contributed by atoms with Crippen molar-refractivity contribution in [2.45, 2.75) is 57.9 Å². The molecule has 0 bridgehead atoms. The van der Waals surface area contributed by atoms with Crippen LogP contribution in [0.25, 0.3) is 0 Å². The molecule has 1 aromatic rings. The fraction of sp³-hybridized carbons (Fsp3) is 0.731. The zero-order valence-electron chi connectivity index (χ0n) is 19.2. The van der Waals surface area contributed by atoms with Gasteiger partial charge in [-0.3, -0.25) is 4.79 Å². The van der Waals surface area contributed by atoms with Gasteiger partial charge in [-0.15, -0.1) is 0 Å². The lowest BCUT2D eigenvalue weighted by Gasteiger charge is -2.50. The first-order valence-corrected chi connectivity index (χ1v) is 12.4. The van der Waals surface area contributed by atoms with Crippen molar-refractivity contribution in [2.24, 2.45) is 17.3 Å². The third-order valence-electron chi connectivity index (χ3n) is 8.01. The van der Waals surface area contributed by atoms with Crippen LogP contribution in [-0.2, 0) is 9.53 Å². The van der Waals surface area contributed by atoms with E-state index in [9.17, 15) is 4.79 Å². The Morgan fingerprint density at radius 2 is 1.90 bits per heavy atom. The van der Waals surface area contributed by atoms with Gasteiger partial charge in [-0.2, -0.15) is 0 Å². The Balaban J connectivity index is 1.12. The lowest BCUT2D eigenvalue weighted by Crippen LogP contribution is -2.61. The highest BCUT2D eigenvalue weighted by Gasteiger charge is 2.52. The lowest BCUT2D eigenvalue weighted by molar-refractivity contribution is -0.161. The fourth-order valence-electron chi connectivity index (χ4n) is 6.11. The van der Waals surface area contributed by atoms with Gasteiger partial charge in [0.1, 0.15) is 5.75 Å². The maximum atomic E-state index is 12.4. The number of ether oxygens (including phenoxy) is 2. The van der Waals surface area contributed by atoms with E-state index in [4.69, 9.17) is 9.47 Å². The highest BCUT2D eigenvalue weighted by atomic mass is 16.5. The number of carbonyl (C=O) groups excluding carboxylic acids is 1. The van der Waals surface area contributed by atoms with Crippen LogP contribution in [-0.4, -0.2) is 67.7 Å². The Labute approximate surface area is 187 Å². The number of hydrogen-bond donors (Lipinski definition) is 0. The van der Waals surface area contributed by atoms with E-state index in [-0.39, 0.29) is 5.92 Å². The number of para-hydroxylation sites is 1. The smallest absolute Gasteiger partial charge is 0.230 e. The molecular formula is C26H38N2O3. The van der Waals surface area contributed by atoms with Gasteiger partial charge in [0.15, 0.2) is 0 Å². The first-order valence-electron chi connectivity index (χ1n) is 12.4. The Kier molecular flexibility index (Phi) is 6.00. The van der Waals surface area contributed by atoms with Crippen LogP contribution in [0.4, 0.5) is 0 Å². The van der Waals surface area contributed by atoms with Gasteiger partial charge < -0.3 is 19.3 Å². The molecule has 3 aliphatic heterocycles. The van der Waals surface area contributed by atoms with Crippen molar-refractivity contribution in [3.05, 3.63) is 29.8 Å². The predicted molar refractivity (Wildman–Crippen MR) is 121 cm³/mol. The summed E-state index contributed by atoms with van der Waals surface area (Å²) in [5.41, 5.74) is 1.80. The zero-order chi connectivity index (χ0) is 21.4. The van der Waals surface area contributed by atoms with Gasteiger partial charge in [-0.05, 0) is 68.7 Å². The van der Waals surface area contributed by atoms with Gasteiger partial charge in [-0.1, -0.05) is 32.0 Å². The van der Waals surface area contributed by atoms with Crippen molar-refractivity contribution < 1.29 is 14.3 Å². The Bertz CT molecular complexity index is 777. The average Bonchev–Trinajstić information content (AvgIpc) is 3.16. The molecule has 0 unspecified atom stereocenters. The molecule has 1 aliphatic carbocycles. The largest absolute Gasteiger partial charge is 0.493 e. The summed E-state index contributed by atoms with van der Waals surface area (Å²) in [5.74, 6) is 2.71. The van der Waals surface area contributed by atoms with Gasteiger partial charge in [0, 0.05) is 24.5 Å². The molecule has 0 aromatic heterocycles. The van der Waals surface area contributed by atoms with Crippen LogP contribution >= 0.6 is 0 Å². The number of benzene rings is 1. The number of likely N-dealkylation sites (tertiary alicyclic amines) is 2. The molecule has 5 heteroatoms. The van der Waals surface area contributed by atoms with Crippen LogP contribution < -0.4 is 4.74 Å². The van der Waals surface area contributed by atoms with Gasteiger partial charge in [0.25, 0.3) is 0 Å². The highest BCUT2D eigenvalue weighted by Crippen LogP contribution is 2.48. The van der Waals surface area contributed by atoms with Crippen molar-refractivity contribution in [2.75, 3.05) is 46.0 Å². The summed E-state index contributed by atoms with van der Waals surface area (Å²) >= 11 is 0. The van der Waals surface area contributed by atoms with E-state index in [1.165, 1.54) is 50.8 Å². The molecule has 3 heterocycles.